The van der Waals surface area contributed by atoms with Gasteiger partial charge in [-0.3, -0.25) is 9.51 Å². The topological polar surface area (TPSA) is 136 Å². The van der Waals surface area contributed by atoms with Crippen molar-refractivity contribution in [3.63, 3.8) is 0 Å². The number of anilines is 1. The molecule has 0 spiro atoms. The third kappa shape index (κ3) is 11.4. The van der Waals surface area contributed by atoms with E-state index in [1.165, 1.54) is 30.9 Å². The molecule has 1 aromatic carbocycles. The number of benzene rings is 1. The smallest absolute Gasteiger partial charge is 0.322 e. The molecule has 0 saturated carbocycles. The van der Waals surface area contributed by atoms with Crippen molar-refractivity contribution in [2.75, 3.05) is 23.8 Å². The second-order valence-electron chi connectivity index (χ2n) is 12.9. The zero-order valence-electron chi connectivity index (χ0n) is 27.6. The average Bonchev–Trinajstić information content (AvgIpc) is 3.48. The number of methoxy groups -OCH3 is 1. The van der Waals surface area contributed by atoms with E-state index in [0.29, 0.717) is 31.4 Å². The number of carbonyl (C=O) groups excluding carboxylic acids is 2. The van der Waals surface area contributed by atoms with Crippen LogP contribution in [-0.2, 0) is 9.53 Å². The molecule has 0 bridgehead atoms. The highest BCUT2D eigenvalue weighted by atomic mass is 32.2. The molecule has 248 valence electrons. The van der Waals surface area contributed by atoms with E-state index >= 15 is 0 Å². The van der Waals surface area contributed by atoms with Gasteiger partial charge in [-0.15, -0.1) is 0 Å². The van der Waals surface area contributed by atoms with E-state index in [9.17, 15) is 24.9 Å². The molecule has 2 rings (SSSR count). The Labute approximate surface area is 267 Å². The van der Waals surface area contributed by atoms with Gasteiger partial charge in [0.1, 0.15) is 18.0 Å². The van der Waals surface area contributed by atoms with E-state index in [4.69, 9.17) is 4.74 Å². The summed E-state index contributed by atoms with van der Waals surface area (Å²) >= 11 is 1.43. The van der Waals surface area contributed by atoms with Gasteiger partial charge in [0.15, 0.2) is 0 Å². The van der Waals surface area contributed by atoms with Crippen LogP contribution in [0, 0.1) is 17.8 Å². The van der Waals surface area contributed by atoms with Crippen molar-refractivity contribution in [1.82, 2.24) is 9.58 Å². The lowest BCUT2D eigenvalue weighted by atomic mass is 9.82. The number of rotatable bonds is 19. The minimum absolute atomic E-state index is 0.0742. The van der Waals surface area contributed by atoms with E-state index in [0.717, 1.165) is 11.2 Å². The van der Waals surface area contributed by atoms with Gasteiger partial charge in [0.2, 0.25) is 0 Å². The van der Waals surface area contributed by atoms with Crippen LogP contribution < -0.4 is 10.1 Å². The molecular formula is C33H54N4O6S. The van der Waals surface area contributed by atoms with Gasteiger partial charge in [-0.25, -0.2) is 4.79 Å². The molecule has 0 aliphatic rings. The van der Waals surface area contributed by atoms with Crippen LogP contribution >= 0.6 is 11.9 Å². The monoisotopic (exact) mass is 634 g/mol. The predicted molar refractivity (Wildman–Crippen MR) is 177 cm³/mol. The summed E-state index contributed by atoms with van der Waals surface area (Å²) in [5.74, 6) is -0.0730. The van der Waals surface area contributed by atoms with Crippen LogP contribution in [0.15, 0.2) is 53.7 Å². The van der Waals surface area contributed by atoms with Gasteiger partial charge in [-0.1, -0.05) is 27.7 Å². The Morgan fingerprint density at radius 1 is 1.07 bits per heavy atom. The third-order valence-electron chi connectivity index (χ3n) is 8.19. The van der Waals surface area contributed by atoms with Gasteiger partial charge in [0, 0.05) is 54.5 Å². The van der Waals surface area contributed by atoms with Crippen LogP contribution in [0.25, 0.3) is 0 Å². The summed E-state index contributed by atoms with van der Waals surface area (Å²) in [6, 6.07) is 10.0. The van der Waals surface area contributed by atoms with Gasteiger partial charge < -0.3 is 35.1 Å². The number of aliphatic hydroxyl groups is 3. The summed E-state index contributed by atoms with van der Waals surface area (Å²) in [6.45, 7) is 13.0. The molecule has 0 aliphatic heterocycles. The fourth-order valence-corrected chi connectivity index (χ4v) is 6.77. The fourth-order valence-electron chi connectivity index (χ4n) is 6.16. The summed E-state index contributed by atoms with van der Waals surface area (Å²) in [4.78, 5) is 30.5. The number of nitrogens with one attached hydrogen (secondary N) is 2. The van der Waals surface area contributed by atoms with Gasteiger partial charge in [-0.2, -0.15) is 0 Å². The maximum Gasteiger partial charge on any atom is 0.322 e. The second kappa shape index (κ2) is 17.2. The number of carbonyl (C=O) groups is 2. The maximum atomic E-state index is 13.8. The highest BCUT2D eigenvalue weighted by Gasteiger charge is 2.44. The zero-order valence-corrected chi connectivity index (χ0v) is 28.4. The standard InChI is InChI=1S/C33H54N4O6S/c1-9-29(43-8)33(7,42)30(39)26(5)37(21-25(4)20-32(6,41)19-23(2)18-24(3)22-38)31(40)34-27-12-14-28(15-13-27)44-35-36-16-10-11-17-36/h10-17,22-26,29-30,35,39,41-42H,9,18-21H2,1-8H3,(H,34,40)/t23-,24?,25+,26?,29+,30?,32-,33+/m0/s1. The Bertz CT molecular complexity index is 1120. The molecule has 44 heavy (non-hydrogen) atoms. The Balaban J connectivity index is 2.20. The first-order valence-electron chi connectivity index (χ1n) is 15.5. The van der Waals surface area contributed by atoms with Gasteiger partial charge >= 0.3 is 6.03 Å². The van der Waals surface area contributed by atoms with Gasteiger partial charge in [0.25, 0.3) is 0 Å². The second-order valence-corrected chi connectivity index (χ2v) is 13.8. The molecule has 5 N–H and O–H groups in total. The summed E-state index contributed by atoms with van der Waals surface area (Å²) in [5, 5.41) is 36.8. The maximum absolute atomic E-state index is 13.8. The number of nitrogens with zero attached hydrogens (tertiary/aromatic N) is 2. The molecule has 8 atom stereocenters. The van der Waals surface area contributed by atoms with E-state index < -0.39 is 35.5 Å². The Hall–Kier alpha value is -2.57. The number of aldehydes is 1. The molecule has 2 amide bonds. The van der Waals surface area contributed by atoms with Crippen LogP contribution in [0.5, 0.6) is 0 Å². The number of urea groups is 1. The lowest BCUT2D eigenvalue weighted by Crippen LogP contribution is -2.60. The van der Waals surface area contributed by atoms with E-state index in [2.05, 4.69) is 10.1 Å². The highest BCUT2D eigenvalue weighted by molar-refractivity contribution is 8.00. The number of amides is 2. The van der Waals surface area contributed by atoms with E-state index in [-0.39, 0.29) is 24.3 Å². The van der Waals surface area contributed by atoms with Crippen molar-refractivity contribution in [1.29, 1.82) is 0 Å². The number of aliphatic hydroxyl groups excluding tert-OH is 1. The first-order chi connectivity index (χ1) is 20.6. The molecule has 2 aromatic rings. The molecule has 1 aromatic heterocycles. The molecular weight excluding hydrogens is 580 g/mol. The summed E-state index contributed by atoms with van der Waals surface area (Å²) in [7, 11) is 1.49. The van der Waals surface area contributed by atoms with Crippen LogP contribution in [0.2, 0.25) is 0 Å². The molecule has 3 unspecified atom stereocenters. The number of ether oxygens (including phenoxy) is 1. The first kappa shape index (κ1) is 37.6. The van der Waals surface area contributed by atoms with Crippen LogP contribution in [0.1, 0.15) is 74.1 Å². The van der Waals surface area contributed by atoms with Crippen molar-refractivity contribution in [2.45, 2.75) is 108 Å². The summed E-state index contributed by atoms with van der Waals surface area (Å²) in [6.07, 6.45) is 4.88. The zero-order chi connectivity index (χ0) is 33.1. The van der Waals surface area contributed by atoms with Crippen molar-refractivity contribution in [2.24, 2.45) is 17.8 Å². The van der Waals surface area contributed by atoms with Crippen molar-refractivity contribution >= 4 is 30.0 Å². The highest BCUT2D eigenvalue weighted by Crippen LogP contribution is 2.30. The van der Waals surface area contributed by atoms with Gasteiger partial charge in [-0.05, 0) is 94.7 Å². The number of hydrogen-bond acceptors (Lipinski definition) is 8. The molecule has 0 fully saturated rings. The van der Waals surface area contributed by atoms with Crippen molar-refractivity contribution in [3.8, 4) is 0 Å². The molecule has 1 heterocycles. The van der Waals surface area contributed by atoms with Crippen molar-refractivity contribution in [3.05, 3.63) is 48.8 Å². The number of hydrogen-bond donors (Lipinski definition) is 5. The van der Waals surface area contributed by atoms with E-state index in [1.54, 1.807) is 26.0 Å². The fraction of sp³-hybridized carbons (Fsp3) is 0.636. The lowest BCUT2D eigenvalue weighted by Gasteiger charge is -2.43. The van der Waals surface area contributed by atoms with Crippen LogP contribution in [-0.4, -0.2) is 80.3 Å². The molecule has 0 radical (unpaired) electrons. The predicted octanol–water partition coefficient (Wildman–Crippen LogP) is 5.53. The first-order valence-corrected chi connectivity index (χ1v) is 16.3. The quantitative estimate of drug-likeness (QED) is 0.101. The van der Waals surface area contributed by atoms with Crippen molar-refractivity contribution < 1.29 is 29.6 Å². The van der Waals surface area contributed by atoms with Crippen LogP contribution in [0.4, 0.5) is 10.5 Å². The summed E-state index contributed by atoms with van der Waals surface area (Å²) in [5.41, 5.74) is -2.05. The van der Waals surface area contributed by atoms with Gasteiger partial charge in [0.05, 0.1) is 17.7 Å². The average molecular weight is 635 g/mol. The largest absolute Gasteiger partial charge is 0.390 e. The summed E-state index contributed by atoms with van der Waals surface area (Å²) < 4.78 is 7.28. The molecule has 11 heteroatoms. The Morgan fingerprint density at radius 3 is 2.20 bits per heavy atom. The minimum Gasteiger partial charge on any atom is -0.390 e. The minimum atomic E-state index is -1.62. The Kier molecular flexibility index (Phi) is 14.7. The lowest BCUT2D eigenvalue weighted by molar-refractivity contribution is -0.161. The Morgan fingerprint density at radius 2 is 1.66 bits per heavy atom. The third-order valence-corrected chi connectivity index (χ3v) is 9.00. The molecule has 0 saturated heterocycles. The van der Waals surface area contributed by atoms with E-state index in [1.807, 2.05) is 69.0 Å². The molecule has 0 aliphatic carbocycles. The number of aromatic nitrogens is 1. The normalized spacial score (nSPS) is 18.5. The molecule has 10 nitrogen and oxygen atoms in total. The SMILES string of the molecule is CC[C@@H](OC)[C@@](C)(O)C(O)C(C)N(C[C@H](C)C[C@@](C)(O)C[C@@H](C)CC(C)C=O)C(=O)Nc1ccc(SNn2cccc2)cc1. The van der Waals surface area contributed by atoms with Crippen LogP contribution in [0.3, 0.4) is 0 Å².